The molecular formula is C22H20FN5O3. The second-order valence-corrected chi connectivity index (χ2v) is 7.48. The lowest BCUT2D eigenvalue weighted by atomic mass is 10.1. The summed E-state index contributed by atoms with van der Waals surface area (Å²) >= 11 is 0. The molecule has 31 heavy (non-hydrogen) atoms. The molecular weight excluding hydrogens is 401 g/mol. The number of nitrogens with zero attached hydrogens (tertiary/aromatic N) is 2. The SMILES string of the molecule is Nc1c(-c2nc3ccc(C(=O)N4CCCOCC4)cc3[nH]2)c(=O)[nH]c2cccc(F)c12. The van der Waals surface area contributed by atoms with Crippen LogP contribution in [0, 0.1) is 5.82 Å². The molecule has 0 radical (unpaired) electrons. The van der Waals surface area contributed by atoms with Crippen molar-refractivity contribution in [2.75, 3.05) is 32.0 Å². The lowest BCUT2D eigenvalue weighted by molar-refractivity contribution is 0.0741. The molecule has 0 saturated carbocycles. The van der Waals surface area contributed by atoms with Crippen molar-refractivity contribution in [3.63, 3.8) is 0 Å². The van der Waals surface area contributed by atoms with Gasteiger partial charge in [0.1, 0.15) is 17.2 Å². The number of aromatic nitrogens is 3. The summed E-state index contributed by atoms with van der Waals surface area (Å²) in [6.45, 7) is 2.34. The summed E-state index contributed by atoms with van der Waals surface area (Å²) in [5.41, 5.74) is 7.75. The van der Waals surface area contributed by atoms with Gasteiger partial charge < -0.3 is 25.3 Å². The molecule has 0 atom stereocenters. The van der Waals surface area contributed by atoms with Crippen LogP contribution in [-0.2, 0) is 4.74 Å². The Morgan fingerprint density at radius 2 is 2.00 bits per heavy atom. The standard InChI is InChI=1S/C22H20FN5O3/c23-13-3-1-4-15-17(13)19(24)18(21(29)27-15)20-25-14-6-5-12(11-16(14)26-20)22(30)28-7-2-9-31-10-8-28/h1,3-6,11H,2,7-10H2,(H,25,26)(H3,24,27,29). The molecule has 158 valence electrons. The maximum atomic E-state index is 14.3. The zero-order valence-corrected chi connectivity index (χ0v) is 16.6. The van der Waals surface area contributed by atoms with Crippen molar-refractivity contribution >= 4 is 33.5 Å². The smallest absolute Gasteiger partial charge is 0.261 e. The number of hydrogen-bond acceptors (Lipinski definition) is 5. The van der Waals surface area contributed by atoms with E-state index in [1.54, 1.807) is 29.2 Å². The number of carbonyl (C=O) groups is 1. The Labute approximate surface area is 175 Å². The second kappa shape index (κ2) is 7.51. The molecule has 4 N–H and O–H groups in total. The third kappa shape index (κ3) is 3.32. The van der Waals surface area contributed by atoms with Crippen LogP contribution in [0.5, 0.6) is 0 Å². The Bertz CT molecular complexity index is 1370. The van der Waals surface area contributed by atoms with Crippen LogP contribution in [0.25, 0.3) is 33.3 Å². The van der Waals surface area contributed by atoms with Crippen molar-refractivity contribution in [2.24, 2.45) is 0 Å². The Kier molecular flexibility index (Phi) is 4.67. The van der Waals surface area contributed by atoms with Crippen molar-refractivity contribution in [1.29, 1.82) is 0 Å². The maximum absolute atomic E-state index is 14.3. The largest absolute Gasteiger partial charge is 0.397 e. The molecule has 0 bridgehead atoms. The van der Waals surface area contributed by atoms with Gasteiger partial charge in [0.25, 0.3) is 11.5 Å². The fraction of sp³-hybridized carbons (Fsp3) is 0.227. The van der Waals surface area contributed by atoms with Crippen LogP contribution in [0.1, 0.15) is 16.8 Å². The molecule has 2 aromatic carbocycles. The first-order valence-corrected chi connectivity index (χ1v) is 10.00. The number of carbonyl (C=O) groups excluding carboxylic acids is 1. The van der Waals surface area contributed by atoms with Crippen LogP contribution in [0.2, 0.25) is 0 Å². The number of halogens is 1. The monoisotopic (exact) mass is 421 g/mol. The summed E-state index contributed by atoms with van der Waals surface area (Å²) in [4.78, 5) is 37.5. The van der Waals surface area contributed by atoms with Gasteiger partial charge in [0.05, 0.1) is 34.2 Å². The van der Waals surface area contributed by atoms with Crippen molar-refractivity contribution in [3.8, 4) is 11.4 Å². The van der Waals surface area contributed by atoms with Gasteiger partial charge in [0.15, 0.2) is 0 Å². The third-order valence-corrected chi connectivity index (χ3v) is 5.50. The minimum atomic E-state index is -0.530. The Morgan fingerprint density at radius 1 is 1.13 bits per heavy atom. The Morgan fingerprint density at radius 3 is 2.87 bits per heavy atom. The van der Waals surface area contributed by atoms with Crippen LogP contribution >= 0.6 is 0 Å². The predicted molar refractivity (Wildman–Crippen MR) is 115 cm³/mol. The highest BCUT2D eigenvalue weighted by molar-refractivity contribution is 6.00. The van der Waals surface area contributed by atoms with Gasteiger partial charge in [-0.3, -0.25) is 9.59 Å². The van der Waals surface area contributed by atoms with E-state index in [-0.39, 0.29) is 28.4 Å². The van der Waals surface area contributed by atoms with Gasteiger partial charge in [0.2, 0.25) is 0 Å². The number of aromatic amines is 2. The fourth-order valence-electron chi connectivity index (χ4n) is 3.96. The second-order valence-electron chi connectivity index (χ2n) is 7.48. The molecule has 1 amide bonds. The molecule has 1 aliphatic rings. The number of H-pyrrole nitrogens is 2. The normalized spacial score (nSPS) is 14.8. The molecule has 2 aromatic heterocycles. The van der Waals surface area contributed by atoms with Gasteiger partial charge in [0, 0.05) is 25.3 Å². The minimum Gasteiger partial charge on any atom is -0.397 e. The number of imidazole rings is 1. The maximum Gasteiger partial charge on any atom is 0.261 e. The number of nitrogens with one attached hydrogen (secondary N) is 2. The van der Waals surface area contributed by atoms with E-state index in [0.29, 0.717) is 48.4 Å². The lowest BCUT2D eigenvalue weighted by Gasteiger charge is -2.19. The summed E-state index contributed by atoms with van der Waals surface area (Å²) in [5.74, 6) is -0.404. The molecule has 5 rings (SSSR count). The first-order chi connectivity index (χ1) is 15.0. The molecule has 8 nitrogen and oxygen atoms in total. The molecule has 4 aromatic rings. The fourth-order valence-corrected chi connectivity index (χ4v) is 3.96. The van der Waals surface area contributed by atoms with Crippen LogP contribution in [0.4, 0.5) is 10.1 Å². The molecule has 0 unspecified atom stereocenters. The summed E-state index contributed by atoms with van der Waals surface area (Å²) < 4.78 is 19.8. The molecule has 1 saturated heterocycles. The van der Waals surface area contributed by atoms with E-state index in [1.165, 1.54) is 12.1 Å². The van der Waals surface area contributed by atoms with Gasteiger partial charge >= 0.3 is 0 Å². The van der Waals surface area contributed by atoms with Gasteiger partial charge in [-0.05, 0) is 36.8 Å². The van der Waals surface area contributed by atoms with Crippen molar-refractivity contribution in [1.82, 2.24) is 19.9 Å². The van der Waals surface area contributed by atoms with E-state index < -0.39 is 11.4 Å². The molecule has 0 spiro atoms. The van der Waals surface area contributed by atoms with Gasteiger partial charge in [-0.1, -0.05) is 6.07 Å². The number of fused-ring (bicyclic) bond motifs is 2. The number of amides is 1. The summed E-state index contributed by atoms with van der Waals surface area (Å²) in [6.07, 6.45) is 0.794. The van der Waals surface area contributed by atoms with E-state index in [4.69, 9.17) is 10.5 Å². The summed E-state index contributed by atoms with van der Waals surface area (Å²) in [6, 6.07) is 9.49. The zero-order chi connectivity index (χ0) is 21.5. The summed E-state index contributed by atoms with van der Waals surface area (Å²) in [7, 11) is 0. The number of anilines is 1. The molecule has 1 aliphatic heterocycles. The Hall–Kier alpha value is -3.72. The van der Waals surface area contributed by atoms with E-state index in [2.05, 4.69) is 15.0 Å². The number of hydrogen-bond donors (Lipinski definition) is 3. The van der Waals surface area contributed by atoms with E-state index in [1.807, 2.05) is 0 Å². The number of nitrogens with two attached hydrogens (primary N) is 1. The first kappa shape index (κ1) is 19.3. The average molecular weight is 421 g/mol. The van der Waals surface area contributed by atoms with Crippen molar-refractivity contribution < 1.29 is 13.9 Å². The quantitative estimate of drug-likeness (QED) is 0.460. The highest BCUT2D eigenvalue weighted by atomic mass is 19.1. The van der Waals surface area contributed by atoms with Gasteiger partial charge in [-0.2, -0.15) is 0 Å². The lowest BCUT2D eigenvalue weighted by Crippen LogP contribution is -2.33. The van der Waals surface area contributed by atoms with E-state index >= 15 is 0 Å². The predicted octanol–water partition coefficient (Wildman–Crippen LogP) is 2.66. The van der Waals surface area contributed by atoms with Crippen molar-refractivity contribution in [3.05, 3.63) is 58.1 Å². The van der Waals surface area contributed by atoms with Crippen LogP contribution in [-0.4, -0.2) is 52.1 Å². The van der Waals surface area contributed by atoms with Crippen LogP contribution in [0.3, 0.4) is 0 Å². The van der Waals surface area contributed by atoms with Crippen LogP contribution in [0.15, 0.2) is 41.2 Å². The summed E-state index contributed by atoms with van der Waals surface area (Å²) in [5, 5.41) is 0.136. The molecule has 1 fully saturated rings. The van der Waals surface area contributed by atoms with Gasteiger partial charge in [-0.25, -0.2) is 9.37 Å². The number of rotatable bonds is 2. The average Bonchev–Trinajstić information content (AvgIpc) is 2.97. The topological polar surface area (TPSA) is 117 Å². The zero-order valence-electron chi connectivity index (χ0n) is 16.6. The Balaban J connectivity index is 1.57. The number of ether oxygens (including phenoxy) is 1. The molecule has 9 heteroatoms. The van der Waals surface area contributed by atoms with Crippen LogP contribution < -0.4 is 11.3 Å². The van der Waals surface area contributed by atoms with Gasteiger partial charge in [-0.15, -0.1) is 0 Å². The number of benzene rings is 2. The highest BCUT2D eigenvalue weighted by Gasteiger charge is 2.20. The van der Waals surface area contributed by atoms with E-state index in [9.17, 15) is 14.0 Å². The highest BCUT2D eigenvalue weighted by Crippen LogP contribution is 2.30. The number of pyridine rings is 1. The first-order valence-electron chi connectivity index (χ1n) is 10.00. The number of nitrogen functional groups attached to an aromatic ring is 1. The minimum absolute atomic E-state index is 0.0109. The molecule has 3 heterocycles. The molecule has 0 aliphatic carbocycles. The van der Waals surface area contributed by atoms with E-state index in [0.717, 1.165) is 6.42 Å². The third-order valence-electron chi connectivity index (χ3n) is 5.50. The van der Waals surface area contributed by atoms with Crippen molar-refractivity contribution in [2.45, 2.75) is 6.42 Å².